The lowest BCUT2D eigenvalue weighted by Crippen LogP contribution is -2.28. The summed E-state index contributed by atoms with van der Waals surface area (Å²) in [7, 11) is 2.06. The Morgan fingerprint density at radius 2 is 2.08 bits per heavy atom. The van der Waals surface area contributed by atoms with Crippen LogP contribution in [0.15, 0.2) is 36.8 Å². The normalized spacial score (nSPS) is 19.4. The van der Waals surface area contributed by atoms with Crippen LogP contribution in [0.4, 0.5) is 0 Å². The Labute approximate surface area is 146 Å². The van der Waals surface area contributed by atoms with Crippen LogP contribution in [0.25, 0.3) is 10.7 Å². The summed E-state index contributed by atoms with van der Waals surface area (Å²) in [6.45, 7) is 4.33. The van der Waals surface area contributed by atoms with Gasteiger partial charge in [0.25, 0.3) is 0 Å². The summed E-state index contributed by atoms with van der Waals surface area (Å²) in [6, 6.07) is 5.90. The first-order chi connectivity index (χ1) is 11.4. The topological polar surface area (TPSA) is 38.1 Å². The highest BCUT2D eigenvalue weighted by Crippen LogP contribution is 2.43. The van der Waals surface area contributed by atoms with Crippen LogP contribution in [-0.2, 0) is 6.42 Å². The van der Waals surface area contributed by atoms with Crippen LogP contribution in [0, 0.1) is 5.41 Å². The Kier molecular flexibility index (Phi) is 3.57. The zero-order chi connectivity index (χ0) is 16.9. The van der Waals surface area contributed by atoms with Gasteiger partial charge in [-0.05, 0) is 24.0 Å². The molecule has 5 heteroatoms. The summed E-state index contributed by atoms with van der Waals surface area (Å²) in [5.41, 5.74) is 3.04. The predicted molar refractivity (Wildman–Crippen MR) is 98.2 cm³/mol. The number of carbonyl (C=O) groups excluding carboxylic acids is 1. The van der Waals surface area contributed by atoms with E-state index in [9.17, 15) is 4.79 Å². The average molecular weight is 339 g/mol. The highest BCUT2D eigenvalue weighted by molar-refractivity contribution is 8.08. The third-order valence-corrected chi connectivity index (χ3v) is 5.77. The van der Waals surface area contributed by atoms with E-state index in [4.69, 9.17) is 0 Å². The van der Waals surface area contributed by atoms with E-state index >= 15 is 0 Å². The second-order valence-electron chi connectivity index (χ2n) is 7.39. The largest absolute Gasteiger partial charge is 0.370 e. The zero-order valence-electron chi connectivity index (χ0n) is 14.2. The van der Waals surface area contributed by atoms with Crippen molar-refractivity contribution in [2.24, 2.45) is 5.41 Å². The SMILES string of the molecule is CN1C=C(c2cn(-c3ccccn3)c3c2C(=O)CC(C)(C)C3)SC1. The molecular formula is C19H21N3OS. The van der Waals surface area contributed by atoms with E-state index in [1.54, 1.807) is 18.0 Å². The fourth-order valence-corrected chi connectivity index (χ4v) is 4.53. The minimum Gasteiger partial charge on any atom is -0.370 e. The van der Waals surface area contributed by atoms with Gasteiger partial charge in [-0.3, -0.25) is 4.79 Å². The van der Waals surface area contributed by atoms with Crippen LogP contribution in [0.5, 0.6) is 0 Å². The number of aromatic nitrogens is 2. The summed E-state index contributed by atoms with van der Waals surface area (Å²) >= 11 is 1.79. The third-order valence-electron chi connectivity index (χ3n) is 4.59. The Balaban J connectivity index is 1.93. The second-order valence-corrected chi connectivity index (χ2v) is 8.37. The van der Waals surface area contributed by atoms with Gasteiger partial charge in [-0.25, -0.2) is 4.98 Å². The molecule has 124 valence electrons. The molecule has 4 rings (SSSR count). The fourth-order valence-electron chi connectivity index (χ4n) is 3.55. The molecule has 1 aliphatic heterocycles. The lowest BCUT2D eigenvalue weighted by molar-refractivity contribution is 0.0910. The van der Waals surface area contributed by atoms with Crippen LogP contribution in [0.2, 0.25) is 0 Å². The number of carbonyl (C=O) groups is 1. The van der Waals surface area contributed by atoms with Gasteiger partial charge in [-0.2, -0.15) is 0 Å². The van der Waals surface area contributed by atoms with E-state index in [0.717, 1.165) is 34.9 Å². The van der Waals surface area contributed by atoms with Gasteiger partial charge in [0.15, 0.2) is 5.78 Å². The molecule has 0 bridgehead atoms. The Hall–Kier alpha value is -2.01. The standard InChI is InChI=1S/C19H21N3OS/c1-19(2)8-14-18(15(23)9-19)13(16-11-21(3)12-24-16)10-22(14)17-6-4-5-7-20-17/h4-7,10-11H,8-9,12H2,1-3H3. The van der Waals surface area contributed by atoms with E-state index in [2.05, 4.69) is 47.7 Å². The first-order valence-electron chi connectivity index (χ1n) is 8.19. The first kappa shape index (κ1) is 15.5. The highest BCUT2D eigenvalue weighted by atomic mass is 32.2. The molecule has 3 heterocycles. The quantitative estimate of drug-likeness (QED) is 0.830. The van der Waals surface area contributed by atoms with Crippen molar-refractivity contribution in [2.45, 2.75) is 26.7 Å². The minimum absolute atomic E-state index is 0.0137. The van der Waals surface area contributed by atoms with Gasteiger partial charge < -0.3 is 9.47 Å². The summed E-state index contributed by atoms with van der Waals surface area (Å²) in [4.78, 5) is 20.8. The van der Waals surface area contributed by atoms with Gasteiger partial charge in [0.1, 0.15) is 5.82 Å². The molecule has 2 aliphatic rings. The van der Waals surface area contributed by atoms with Gasteiger partial charge >= 0.3 is 0 Å². The molecule has 0 radical (unpaired) electrons. The van der Waals surface area contributed by atoms with Gasteiger partial charge in [0.2, 0.25) is 0 Å². The molecule has 0 unspecified atom stereocenters. The van der Waals surface area contributed by atoms with Crippen LogP contribution in [0.1, 0.15) is 41.9 Å². The van der Waals surface area contributed by atoms with Crippen molar-refractivity contribution in [3.05, 3.63) is 53.6 Å². The summed E-state index contributed by atoms with van der Waals surface area (Å²) in [6.07, 6.45) is 7.53. The number of nitrogens with zero attached hydrogens (tertiary/aromatic N) is 3. The molecule has 0 N–H and O–H groups in total. The molecule has 0 amide bonds. The number of Topliss-reactive ketones (excluding diaryl/α,β-unsaturated/α-hetero) is 1. The molecule has 1 aliphatic carbocycles. The molecule has 0 spiro atoms. The average Bonchev–Trinajstić information content (AvgIpc) is 3.11. The monoisotopic (exact) mass is 339 g/mol. The van der Waals surface area contributed by atoms with Gasteiger partial charge in [0.05, 0.1) is 5.88 Å². The number of fused-ring (bicyclic) bond motifs is 1. The van der Waals surface area contributed by atoms with Crippen LogP contribution >= 0.6 is 11.8 Å². The smallest absolute Gasteiger partial charge is 0.165 e. The number of rotatable bonds is 2. The summed E-state index contributed by atoms with van der Waals surface area (Å²) in [5, 5.41) is 0. The predicted octanol–water partition coefficient (Wildman–Crippen LogP) is 3.96. The van der Waals surface area contributed by atoms with E-state index in [0.29, 0.717) is 6.42 Å². The Morgan fingerprint density at radius 3 is 2.75 bits per heavy atom. The van der Waals surface area contributed by atoms with Crippen LogP contribution < -0.4 is 0 Å². The molecule has 0 fully saturated rings. The lowest BCUT2D eigenvalue weighted by Gasteiger charge is -2.30. The zero-order valence-corrected chi connectivity index (χ0v) is 15.1. The van der Waals surface area contributed by atoms with E-state index in [1.807, 2.05) is 18.2 Å². The number of thioether (sulfide) groups is 1. The van der Waals surface area contributed by atoms with Crippen molar-refractivity contribution in [1.29, 1.82) is 0 Å². The van der Waals surface area contributed by atoms with Crippen LogP contribution in [0.3, 0.4) is 0 Å². The second kappa shape index (κ2) is 5.52. The molecular weight excluding hydrogens is 318 g/mol. The van der Waals surface area contributed by atoms with Gasteiger partial charge in [-0.15, -0.1) is 11.8 Å². The van der Waals surface area contributed by atoms with E-state index < -0.39 is 0 Å². The Morgan fingerprint density at radius 1 is 1.25 bits per heavy atom. The van der Waals surface area contributed by atoms with Crippen molar-refractivity contribution in [1.82, 2.24) is 14.5 Å². The maximum absolute atomic E-state index is 12.9. The van der Waals surface area contributed by atoms with Crippen molar-refractivity contribution < 1.29 is 4.79 Å². The minimum atomic E-state index is -0.0137. The lowest BCUT2D eigenvalue weighted by atomic mass is 9.75. The number of ketones is 1. The van der Waals surface area contributed by atoms with E-state index in [1.165, 1.54) is 4.91 Å². The van der Waals surface area contributed by atoms with Gasteiger partial charge in [0, 0.05) is 53.8 Å². The van der Waals surface area contributed by atoms with Crippen LogP contribution in [-0.4, -0.2) is 33.2 Å². The van der Waals surface area contributed by atoms with Gasteiger partial charge in [-0.1, -0.05) is 19.9 Å². The molecule has 4 nitrogen and oxygen atoms in total. The van der Waals surface area contributed by atoms with Crippen molar-refractivity contribution in [2.75, 3.05) is 12.9 Å². The first-order valence-corrected chi connectivity index (χ1v) is 9.17. The molecule has 0 atom stereocenters. The molecule has 2 aromatic rings. The molecule has 0 aromatic carbocycles. The summed E-state index contributed by atoms with van der Waals surface area (Å²) in [5.74, 6) is 2.06. The van der Waals surface area contributed by atoms with Crippen molar-refractivity contribution >= 4 is 22.5 Å². The Bertz CT molecular complexity index is 836. The molecule has 0 saturated heterocycles. The summed E-state index contributed by atoms with van der Waals surface area (Å²) < 4.78 is 2.11. The molecule has 0 saturated carbocycles. The highest BCUT2D eigenvalue weighted by Gasteiger charge is 2.37. The van der Waals surface area contributed by atoms with E-state index in [-0.39, 0.29) is 11.2 Å². The third kappa shape index (κ3) is 2.57. The molecule has 2 aromatic heterocycles. The fraction of sp³-hybridized carbons (Fsp3) is 0.368. The number of hydrogen-bond acceptors (Lipinski definition) is 4. The maximum Gasteiger partial charge on any atom is 0.165 e. The number of hydrogen-bond donors (Lipinski definition) is 0. The molecule has 24 heavy (non-hydrogen) atoms. The number of pyridine rings is 1. The maximum atomic E-state index is 12.9. The van der Waals surface area contributed by atoms with Crippen molar-refractivity contribution in [3.63, 3.8) is 0 Å². The van der Waals surface area contributed by atoms with Crippen molar-refractivity contribution in [3.8, 4) is 5.82 Å².